The number of rotatable bonds is 6. The third-order valence-electron chi connectivity index (χ3n) is 4.07. The van der Waals surface area contributed by atoms with E-state index in [2.05, 4.69) is 15.4 Å². The Bertz CT molecular complexity index is 628. The first kappa shape index (κ1) is 20.9. The zero-order valence-corrected chi connectivity index (χ0v) is 15.7. The van der Waals surface area contributed by atoms with E-state index in [9.17, 15) is 13.2 Å². The van der Waals surface area contributed by atoms with E-state index in [1.807, 2.05) is 13.8 Å². The molecule has 0 aromatic heterocycles. The third kappa shape index (κ3) is 5.73. The molecule has 0 aliphatic carbocycles. The SMILES string of the molecule is CCC(C)NS(=O)(=O)c1ccc(C(=O)NC2CCNCC2)cc1.Cl. The molecule has 1 aliphatic heterocycles. The molecule has 1 aliphatic rings. The molecule has 1 heterocycles. The van der Waals surface area contributed by atoms with Crippen LogP contribution < -0.4 is 15.4 Å². The molecule has 0 spiro atoms. The van der Waals surface area contributed by atoms with Gasteiger partial charge in [0.15, 0.2) is 0 Å². The van der Waals surface area contributed by atoms with Gasteiger partial charge in [-0.25, -0.2) is 13.1 Å². The Morgan fingerprint density at radius 1 is 1.25 bits per heavy atom. The van der Waals surface area contributed by atoms with E-state index in [-0.39, 0.29) is 35.3 Å². The van der Waals surface area contributed by atoms with Crippen LogP contribution in [0, 0.1) is 0 Å². The van der Waals surface area contributed by atoms with Crippen molar-refractivity contribution >= 4 is 28.3 Å². The Morgan fingerprint density at radius 2 is 1.83 bits per heavy atom. The number of piperidine rings is 1. The van der Waals surface area contributed by atoms with Crippen LogP contribution >= 0.6 is 12.4 Å². The first-order valence-corrected chi connectivity index (χ1v) is 9.54. The second-order valence-corrected chi connectivity index (χ2v) is 7.67. The van der Waals surface area contributed by atoms with Gasteiger partial charge in [0.05, 0.1) is 4.90 Å². The number of nitrogens with one attached hydrogen (secondary N) is 3. The van der Waals surface area contributed by atoms with Gasteiger partial charge in [0, 0.05) is 17.6 Å². The lowest BCUT2D eigenvalue weighted by atomic mass is 10.1. The monoisotopic (exact) mass is 375 g/mol. The molecule has 1 aromatic carbocycles. The first-order valence-electron chi connectivity index (χ1n) is 8.06. The average molecular weight is 376 g/mol. The number of hydrogen-bond acceptors (Lipinski definition) is 4. The fraction of sp³-hybridized carbons (Fsp3) is 0.562. The molecule has 2 rings (SSSR count). The summed E-state index contributed by atoms with van der Waals surface area (Å²) < 4.78 is 27.0. The standard InChI is InChI=1S/C16H25N3O3S.ClH/c1-3-12(2)19-23(21,22)15-6-4-13(5-7-15)16(20)18-14-8-10-17-11-9-14;/h4-7,12,14,17,19H,3,8-11H2,1-2H3,(H,18,20);1H. The molecule has 0 radical (unpaired) electrons. The summed E-state index contributed by atoms with van der Waals surface area (Å²) in [6.45, 7) is 5.55. The highest BCUT2D eigenvalue weighted by molar-refractivity contribution is 7.89. The topological polar surface area (TPSA) is 87.3 Å². The maximum Gasteiger partial charge on any atom is 0.251 e. The van der Waals surface area contributed by atoms with E-state index >= 15 is 0 Å². The van der Waals surface area contributed by atoms with Crippen LogP contribution in [-0.2, 0) is 10.0 Å². The summed E-state index contributed by atoms with van der Waals surface area (Å²) >= 11 is 0. The van der Waals surface area contributed by atoms with Crippen LogP contribution in [0.4, 0.5) is 0 Å². The highest BCUT2D eigenvalue weighted by atomic mass is 35.5. The van der Waals surface area contributed by atoms with Gasteiger partial charge in [-0.1, -0.05) is 6.92 Å². The molecular weight excluding hydrogens is 350 g/mol. The Morgan fingerprint density at radius 3 is 2.38 bits per heavy atom. The highest BCUT2D eigenvalue weighted by Crippen LogP contribution is 2.12. The van der Waals surface area contributed by atoms with Crippen molar-refractivity contribution in [3.8, 4) is 0 Å². The summed E-state index contributed by atoms with van der Waals surface area (Å²) in [6.07, 6.45) is 2.55. The molecule has 1 aromatic rings. The van der Waals surface area contributed by atoms with Gasteiger partial charge in [-0.3, -0.25) is 4.79 Å². The van der Waals surface area contributed by atoms with Crippen molar-refractivity contribution in [2.75, 3.05) is 13.1 Å². The second kappa shape index (κ2) is 9.36. The van der Waals surface area contributed by atoms with Crippen molar-refractivity contribution in [1.82, 2.24) is 15.4 Å². The van der Waals surface area contributed by atoms with E-state index in [1.54, 1.807) is 12.1 Å². The fourth-order valence-corrected chi connectivity index (χ4v) is 3.76. The molecule has 0 bridgehead atoms. The largest absolute Gasteiger partial charge is 0.349 e. The smallest absolute Gasteiger partial charge is 0.251 e. The molecule has 136 valence electrons. The van der Waals surface area contributed by atoms with Crippen molar-refractivity contribution in [2.45, 2.75) is 50.1 Å². The van der Waals surface area contributed by atoms with E-state index in [4.69, 9.17) is 0 Å². The van der Waals surface area contributed by atoms with Crippen LogP contribution in [-0.4, -0.2) is 39.5 Å². The van der Waals surface area contributed by atoms with E-state index in [0.717, 1.165) is 32.4 Å². The summed E-state index contributed by atoms with van der Waals surface area (Å²) in [7, 11) is -3.53. The van der Waals surface area contributed by atoms with Crippen LogP contribution in [0.3, 0.4) is 0 Å². The summed E-state index contributed by atoms with van der Waals surface area (Å²) in [6, 6.07) is 6.12. The van der Waals surface area contributed by atoms with Gasteiger partial charge in [-0.2, -0.15) is 0 Å². The summed E-state index contributed by atoms with van der Waals surface area (Å²) in [4.78, 5) is 12.4. The number of carbonyl (C=O) groups is 1. The van der Waals surface area contributed by atoms with E-state index < -0.39 is 10.0 Å². The van der Waals surface area contributed by atoms with Gasteiger partial charge in [-0.15, -0.1) is 12.4 Å². The van der Waals surface area contributed by atoms with Crippen LogP contribution in [0.5, 0.6) is 0 Å². The van der Waals surface area contributed by atoms with Crippen molar-refractivity contribution in [1.29, 1.82) is 0 Å². The Hall–Kier alpha value is -1.15. The molecule has 1 saturated heterocycles. The minimum atomic E-state index is -3.53. The number of halogens is 1. The maximum absolute atomic E-state index is 12.2. The van der Waals surface area contributed by atoms with Crippen LogP contribution in [0.2, 0.25) is 0 Å². The Labute approximate surface area is 150 Å². The van der Waals surface area contributed by atoms with Gasteiger partial charge < -0.3 is 10.6 Å². The Balaban J connectivity index is 0.00000288. The number of hydrogen-bond donors (Lipinski definition) is 3. The van der Waals surface area contributed by atoms with Gasteiger partial charge >= 0.3 is 0 Å². The molecular formula is C16H26ClN3O3S. The molecule has 1 amide bonds. The minimum Gasteiger partial charge on any atom is -0.349 e. The first-order chi connectivity index (χ1) is 10.9. The molecule has 1 unspecified atom stereocenters. The third-order valence-corrected chi connectivity index (χ3v) is 5.68. The van der Waals surface area contributed by atoms with Crippen molar-refractivity contribution in [3.05, 3.63) is 29.8 Å². The lowest BCUT2D eigenvalue weighted by Crippen LogP contribution is -2.42. The lowest BCUT2D eigenvalue weighted by molar-refractivity contribution is 0.0929. The zero-order chi connectivity index (χ0) is 16.9. The fourth-order valence-electron chi connectivity index (χ4n) is 2.44. The highest BCUT2D eigenvalue weighted by Gasteiger charge is 2.19. The summed E-state index contributed by atoms with van der Waals surface area (Å²) in [5.74, 6) is -0.157. The van der Waals surface area contributed by atoms with Crippen molar-refractivity contribution < 1.29 is 13.2 Å². The molecule has 1 atom stereocenters. The minimum absolute atomic E-state index is 0. The van der Waals surface area contributed by atoms with Gasteiger partial charge in [0.1, 0.15) is 0 Å². The predicted molar refractivity (Wildman–Crippen MR) is 97.1 cm³/mol. The normalized spacial score (nSPS) is 16.9. The second-order valence-electron chi connectivity index (χ2n) is 5.95. The van der Waals surface area contributed by atoms with Gasteiger partial charge in [0.2, 0.25) is 10.0 Å². The van der Waals surface area contributed by atoms with Crippen molar-refractivity contribution in [2.24, 2.45) is 0 Å². The van der Waals surface area contributed by atoms with Crippen LogP contribution in [0.25, 0.3) is 0 Å². The van der Waals surface area contributed by atoms with Gasteiger partial charge in [-0.05, 0) is 63.5 Å². The van der Waals surface area contributed by atoms with E-state index in [0.29, 0.717) is 5.56 Å². The summed E-state index contributed by atoms with van der Waals surface area (Å²) in [5, 5.41) is 6.24. The molecule has 8 heteroatoms. The lowest BCUT2D eigenvalue weighted by Gasteiger charge is -2.23. The maximum atomic E-state index is 12.2. The van der Waals surface area contributed by atoms with Crippen molar-refractivity contribution in [3.63, 3.8) is 0 Å². The number of carbonyl (C=O) groups excluding carboxylic acids is 1. The molecule has 24 heavy (non-hydrogen) atoms. The number of amides is 1. The molecule has 6 nitrogen and oxygen atoms in total. The number of benzene rings is 1. The summed E-state index contributed by atoms with van der Waals surface area (Å²) in [5.41, 5.74) is 0.478. The number of sulfonamides is 1. The van der Waals surface area contributed by atoms with Crippen LogP contribution in [0.15, 0.2) is 29.2 Å². The Kier molecular flexibility index (Phi) is 8.15. The molecule has 3 N–H and O–H groups in total. The molecule has 1 fully saturated rings. The van der Waals surface area contributed by atoms with Gasteiger partial charge in [0.25, 0.3) is 5.91 Å². The quantitative estimate of drug-likeness (QED) is 0.705. The average Bonchev–Trinajstić information content (AvgIpc) is 2.55. The van der Waals surface area contributed by atoms with Crippen LogP contribution in [0.1, 0.15) is 43.5 Å². The van der Waals surface area contributed by atoms with E-state index in [1.165, 1.54) is 12.1 Å². The zero-order valence-electron chi connectivity index (χ0n) is 14.0. The molecule has 0 saturated carbocycles. The predicted octanol–water partition coefficient (Wildman–Crippen LogP) is 1.67.